The van der Waals surface area contributed by atoms with Crippen LogP contribution in [0.15, 0.2) is 22.2 Å². The number of amides is 1. The van der Waals surface area contributed by atoms with Crippen LogP contribution in [0.2, 0.25) is 0 Å². The van der Waals surface area contributed by atoms with Crippen molar-refractivity contribution in [3.8, 4) is 0 Å². The van der Waals surface area contributed by atoms with Gasteiger partial charge in [-0.2, -0.15) is 0 Å². The van der Waals surface area contributed by atoms with E-state index in [0.29, 0.717) is 11.6 Å². The van der Waals surface area contributed by atoms with Crippen LogP contribution in [0.5, 0.6) is 0 Å². The number of aromatic nitrogens is 2. The van der Waals surface area contributed by atoms with Crippen LogP contribution in [0.4, 0.5) is 0 Å². The van der Waals surface area contributed by atoms with E-state index in [1.54, 1.807) is 17.4 Å². The summed E-state index contributed by atoms with van der Waals surface area (Å²) in [4.78, 5) is 18.8. The highest BCUT2D eigenvalue weighted by Gasteiger charge is 2.28. The first kappa shape index (κ1) is 14.3. The minimum absolute atomic E-state index is 0.0256. The fourth-order valence-electron chi connectivity index (χ4n) is 2.74. The number of piperidine rings is 1. The van der Waals surface area contributed by atoms with Crippen LogP contribution in [0, 0.1) is 0 Å². The SMILES string of the molecule is CCCc1cc(C(=O)N2CCC[C@@H](c3nccs3)C2)no1. The molecule has 0 N–H and O–H groups in total. The molecule has 5 nitrogen and oxygen atoms in total. The van der Waals surface area contributed by atoms with Gasteiger partial charge in [-0.1, -0.05) is 12.1 Å². The topological polar surface area (TPSA) is 59.2 Å². The van der Waals surface area contributed by atoms with E-state index in [1.165, 1.54) is 0 Å². The van der Waals surface area contributed by atoms with Crippen LogP contribution < -0.4 is 0 Å². The predicted octanol–water partition coefficient (Wildman–Crippen LogP) is 3.10. The second-order valence-corrected chi connectivity index (χ2v) is 6.32. The molecule has 1 fully saturated rings. The number of likely N-dealkylation sites (tertiary alicyclic amines) is 1. The van der Waals surface area contributed by atoms with Crippen molar-refractivity contribution in [1.29, 1.82) is 0 Å². The van der Waals surface area contributed by atoms with Crippen LogP contribution >= 0.6 is 11.3 Å². The molecule has 0 saturated carbocycles. The Morgan fingerprint density at radius 2 is 2.48 bits per heavy atom. The summed E-state index contributed by atoms with van der Waals surface area (Å²) >= 11 is 1.67. The first-order valence-electron chi connectivity index (χ1n) is 7.42. The third-order valence-corrected chi connectivity index (χ3v) is 4.72. The number of hydrogen-bond donors (Lipinski definition) is 0. The highest BCUT2D eigenvalue weighted by Crippen LogP contribution is 2.28. The van der Waals surface area contributed by atoms with Crippen molar-refractivity contribution in [1.82, 2.24) is 15.0 Å². The van der Waals surface area contributed by atoms with E-state index in [4.69, 9.17) is 4.52 Å². The average molecular weight is 305 g/mol. The smallest absolute Gasteiger partial charge is 0.276 e. The van der Waals surface area contributed by atoms with Gasteiger partial charge in [-0.25, -0.2) is 4.98 Å². The molecule has 3 rings (SSSR count). The van der Waals surface area contributed by atoms with Crippen molar-refractivity contribution in [3.63, 3.8) is 0 Å². The summed E-state index contributed by atoms with van der Waals surface area (Å²) in [7, 11) is 0. The molecule has 3 heterocycles. The Bertz CT molecular complexity index is 594. The van der Waals surface area contributed by atoms with Gasteiger partial charge in [0.25, 0.3) is 5.91 Å². The van der Waals surface area contributed by atoms with E-state index >= 15 is 0 Å². The first-order valence-corrected chi connectivity index (χ1v) is 8.30. The Labute approximate surface area is 128 Å². The number of hydrogen-bond acceptors (Lipinski definition) is 5. The minimum atomic E-state index is -0.0256. The van der Waals surface area contributed by atoms with Gasteiger partial charge in [0.2, 0.25) is 0 Å². The highest BCUT2D eigenvalue weighted by atomic mass is 32.1. The molecule has 2 aromatic heterocycles. The van der Waals surface area contributed by atoms with Gasteiger partial charge < -0.3 is 9.42 Å². The normalized spacial score (nSPS) is 18.9. The van der Waals surface area contributed by atoms with Gasteiger partial charge in [-0.05, 0) is 19.3 Å². The van der Waals surface area contributed by atoms with E-state index < -0.39 is 0 Å². The number of rotatable bonds is 4. The van der Waals surface area contributed by atoms with Gasteiger partial charge in [0.1, 0.15) is 5.76 Å². The lowest BCUT2D eigenvalue weighted by Crippen LogP contribution is -2.39. The molecule has 1 amide bonds. The summed E-state index contributed by atoms with van der Waals surface area (Å²) in [5.41, 5.74) is 0.429. The van der Waals surface area contributed by atoms with Gasteiger partial charge in [0, 0.05) is 43.1 Å². The Balaban J connectivity index is 1.68. The van der Waals surface area contributed by atoms with E-state index in [2.05, 4.69) is 17.1 Å². The zero-order valence-corrected chi connectivity index (χ0v) is 12.9. The number of carbonyl (C=O) groups is 1. The van der Waals surface area contributed by atoms with Crippen LogP contribution in [0.25, 0.3) is 0 Å². The maximum Gasteiger partial charge on any atom is 0.276 e. The van der Waals surface area contributed by atoms with E-state index in [1.807, 2.05) is 16.5 Å². The monoisotopic (exact) mass is 305 g/mol. The van der Waals surface area contributed by atoms with Gasteiger partial charge in [0.05, 0.1) is 5.01 Å². The summed E-state index contributed by atoms with van der Waals surface area (Å²) < 4.78 is 5.21. The van der Waals surface area contributed by atoms with Gasteiger partial charge in [-0.3, -0.25) is 4.79 Å². The molecule has 1 aliphatic rings. The minimum Gasteiger partial charge on any atom is -0.361 e. The molecular weight excluding hydrogens is 286 g/mol. The first-order chi connectivity index (χ1) is 10.3. The molecule has 0 radical (unpaired) electrons. The average Bonchev–Trinajstić information content (AvgIpc) is 3.18. The standard InChI is InChI=1S/C15H19N3O2S/c1-2-4-12-9-13(17-20-12)15(19)18-7-3-5-11(10-18)14-16-6-8-21-14/h6,8-9,11H,2-5,7,10H2,1H3/t11-/m1/s1. The van der Waals surface area contributed by atoms with Crippen LogP contribution in [-0.2, 0) is 6.42 Å². The molecular formula is C15H19N3O2S. The molecule has 21 heavy (non-hydrogen) atoms. The molecule has 1 saturated heterocycles. The number of aryl methyl sites for hydroxylation is 1. The maximum atomic E-state index is 12.5. The lowest BCUT2D eigenvalue weighted by molar-refractivity contribution is 0.0696. The molecule has 0 spiro atoms. The largest absolute Gasteiger partial charge is 0.361 e. The summed E-state index contributed by atoms with van der Waals surface area (Å²) in [5.74, 6) is 1.11. The Hall–Kier alpha value is -1.69. The molecule has 0 bridgehead atoms. The maximum absolute atomic E-state index is 12.5. The molecule has 6 heteroatoms. The van der Waals surface area contributed by atoms with E-state index in [-0.39, 0.29) is 5.91 Å². The molecule has 2 aromatic rings. The van der Waals surface area contributed by atoms with Crippen LogP contribution in [0.1, 0.15) is 53.4 Å². The Morgan fingerprint density at radius 3 is 3.24 bits per heavy atom. The van der Waals surface area contributed by atoms with Crippen LogP contribution in [-0.4, -0.2) is 34.0 Å². The van der Waals surface area contributed by atoms with Crippen molar-refractivity contribution in [2.24, 2.45) is 0 Å². The number of nitrogens with zero attached hydrogens (tertiary/aromatic N) is 3. The molecule has 0 unspecified atom stereocenters. The van der Waals surface area contributed by atoms with Crippen LogP contribution in [0.3, 0.4) is 0 Å². The van der Waals surface area contributed by atoms with Crippen molar-refractivity contribution >= 4 is 17.2 Å². The zero-order chi connectivity index (χ0) is 14.7. The molecule has 1 atom stereocenters. The Morgan fingerprint density at radius 1 is 1.57 bits per heavy atom. The number of thiazole rings is 1. The third kappa shape index (κ3) is 3.15. The third-order valence-electron chi connectivity index (χ3n) is 3.78. The van der Waals surface area contributed by atoms with Gasteiger partial charge in [-0.15, -0.1) is 11.3 Å². The highest BCUT2D eigenvalue weighted by molar-refractivity contribution is 7.09. The quantitative estimate of drug-likeness (QED) is 0.871. The molecule has 0 aromatic carbocycles. The summed E-state index contributed by atoms with van der Waals surface area (Å²) in [5, 5.41) is 7.03. The van der Waals surface area contributed by atoms with Gasteiger partial charge >= 0.3 is 0 Å². The van der Waals surface area contributed by atoms with Crippen molar-refractivity contribution in [2.75, 3.05) is 13.1 Å². The fraction of sp³-hybridized carbons (Fsp3) is 0.533. The van der Waals surface area contributed by atoms with Crippen molar-refractivity contribution in [3.05, 3.63) is 34.1 Å². The van der Waals surface area contributed by atoms with E-state index in [9.17, 15) is 4.79 Å². The fourth-order valence-corrected chi connectivity index (χ4v) is 3.51. The predicted molar refractivity (Wildman–Crippen MR) is 80.5 cm³/mol. The van der Waals surface area contributed by atoms with Gasteiger partial charge in [0.15, 0.2) is 5.69 Å². The molecule has 112 valence electrons. The van der Waals surface area contributed by atoms with Crippen molar-refractivity contribution < 1.29 is 9.32 Å². The Kier molecular flexibility index (Phi) is 4.34. The lowest BCUT2D eigenvalue weighted by Gasteiger charge is -2.31. The number of carbonyl (C=O) groups excluding carboxylic acids is 1. The summed E-state index contributed by atoms with van der Waals surface area (Å²) in [6.45, 7) is 3.59. The second-order valence-electron chi connectivity index (χ2n) is 5.39. The lowest BCUT2D eigenvalue weighted by atomic mass is 9.98. The summed E-state index contributed by atoms with van der Waals surface area (Å²) in [6.07, 6.45) is 5.74. The molecule has 0 aliphatic carbocycles. The molecule has 1 aliphatic heterocycles. The van der Waals surface area contributed by atoms with Crippen molar-refractivity contribution in [2.45, 2.75) is 38.5 Å². The second kappa shape index (κ2) is 6.39. The zero-order valence-electron chi connectivity index (χ0n) is 12.1. The van der Waals surface area contributed by atoms with E-state index in [0.717, 1.165) is 49.5 Å². The summed E-state index contributed by atoms with van der Waals surface area (Å²) in [6, 6.07) is 1.78.